The molecule has 31 heavy (non-hydrogen) atoms. The molecular weight excluding hydrogens is 382 g/mol. The first-order valence-electron chi connectivity index (χ1n) is 11.8. The molecule has 3 rings (SSSR count). The Morgan fingerprint density at radius 1 is 1.13 bits per heavy atom. The first-order chi connectivity index (χ1) is 14.8. The van der Waals surface area contributed by atoms with Crippen LogP contribution >= 0.6 is 0 Å². The molecule has 0 spiro atoms. The van der Waals surface area contributed by atoms with E-state index in [1.54, 1.807) is 0 Å². The maximum Gasteiger partial charge on any atom is 0.142 e. The summed E-state index contributed by atoms with van der Waals surface area (Å²) in [7, 11) is 0. The molecule has 1 unspecified atom stereocenters. The number of nitriles is 1. The van der Waals surface area contributed by atoms with Crippen LogP contribution in [0.1, 0.15) is 83.0 Å². The number of hydrogen-bond donors (Lipinski definition) is 1. The van der Waals surface area contributed by atoms with E-state index in [9.17, 15) is 5.26 Å². The lowest BCUT2D eigenvalue weighted by atomic mass is 9.70. The molecule has 0 saturated carbocycles. The molecule has 2 aromatic rings. The van der Waals surface area contributed by atoms with Crippen LogP contribution in [0.4, 0.5) is 5.82 Å². The summed E-state index contributed by atoms with van der Waals surface area (Å²) in [6.45, 7) is 9.87. The lowest BCUT2D eigenvalue weighted by molar-refractivity contribution is 0.215. The molecule has 0 fully saturated rings. The second-order valence-corrected chi connectivity index (χ2v) is 9.88. The SMILES string of the molecule is CCCCCCCOc1ccc(-c2c(C#N)c(N)nc3c2CC(C(C)(C)C)CC3)cc1. The molecule has 1 aliphatic carbocycles. The Morgan fingerprint density at radius 3 is 2.48 bits per heavy atom. The number of hydrogen-bond acceptors (Lipinski definition) is 4. The van der Waals surface area contributed by atoms with E-state index < -0.39 is 0 Å². The molecular formula is C27H37N3O. The molecule has 0 bridgehead atoms. The van der Waals surface area contributed by atoms with E-state index in [4.69, 9.17) is 10.5 Å². The number of nitrogens with zero attached hydrogens (tertiary/aromatic N) is 2. The van der Waals surface area contributed by atoms with E-state index in [1.807, 2.05) is 12.1 Å². The van der Waals surface area contributed by atoms with Crippen molar-refractivity contribution in [3.05, 3.63) is 41.1 Å². The third-order valence-electron chi connectivity index (χ3n) is 6.59. The maximum atomic E-state index is 9.85. The van der Waals surface area contributed by atoms with Crippen molar-refractivity contribution in [2.24, 2.45) is 11.3 Å². The molecule has 2 N–H and O–H groups in total. The lowest BCUT2D eigenvalue weighted by Crippen LogP contribution is -2.28. The van der Waals surface area contributed by atoms with E-state index in [0.717, 1.165) is 54.9 Å². The number of aryl methyl sites for hydroxylation is 1. The fraction of sp³-hybridized carbons (Fsp3) is 0.556. The number of aromatic nitrogens is 1. The zero-order chi connectivity index (χ0) is 22.4. The normalized spacial score (nSPS) is 15.9. The molecule has 0 radical (unpaired) electrons. The summed E-state index contributed by atoms with van der Waals surface area (Å²) in [5.74, 6) is 1.78. The monoisotopic (exact) mass is 419 g/mol. The Kier molecular flexibility index (Phi) is 7.59. The molecule has 1 atom stereocenters. The van der Waals surface area contributed by atoms with Gasteiger partial charge in [0.1, 0.15) is 23.2 Å². The van der Waals surface area contributed by atoms with Crippen molar-refractivity contribution in [1.29, 1.82) is 5.26 Å². The number of nitrogen functional groups attached to an aromatic ring is 1. The van der Waals surface area contributed by atoms with Gasteiger partial charge in [-0.1, -0.05) is 65.5 Å². The van der Waals surface area contributed by atoms with Gasteiger partial charge in [-0.05, 0) is 60.3 Å². The van der Waals surface area contributed by atoms with Crippen LogP contribution in [0.15, 0.2) is 24.3 Å². The van der Waals surface area contributed by atoms with E-state index >= 15 is 0 Å². The van der Waals surface area contributed by atoms with Gasteiger partial charge in [0.2, 0.25) is 0 Å². The number of nitrogens with two attached hydrogens (primary N) is 1. The van der Waals surface area contributed by atoms with Crippen molar-refractivity contribution in [3.63, 3.8) is 0 Å². The Labute approximate surface area is 187 Å². The van der Waals surface area contributed by atoms with Crippen molar-refractivity contribution in [2.75, 3.05) is 12.3 Å². The number of pyridine rings is 1. The van der Waals surface area contributed by atoms with E-state index in [2.05, 4.69) is 50.9 Å². The van der Waals surface area contributed by atoms with Gasteiger partial charge in [-0.15, -0.1) is 0 Å². The van der Waals surface area contributed by atoms with Crippen molar-refractivity contribution < 1.29 is 4.74 Å². The summed E-state index contributed by atoms with van der Waals surface area (Å²) in [6, 6.07) is 10.5. The maximum absolute atomic E-state index is 9.85. The van der Waals surface area contributed by atoms with Crippen LogP contribution in [-0.2, 0) is 12.8 Å². The van der Waals surface area contributed by atoms with E-state index in [-0.39, 0.29) is 5.41 Å². The minimum absolute atomic E-state index is 0.220. The predicted octanol–water partition coefficient (Wildman–Crippen LogP) is 6.70. The van der Waals surface area contributed by atoms with Crippen molar-refractivity contribution in [3.8, 4) is 22.9 Å². The number of unbranched alkanes of at least 4 members (excludes halogenated alkanes) is 4. The van der Waals surface area contributed by atoms with Gasteiger partial charge in [0.05, 0.1) is 6.61 Å². The molecule has 1 heterocycles. The van der Waals surface area contributed by atoms with Gasteiger partial charge in [-0.2, -0.15) is 5.26 Å². The van der Waals surface area contributed by atoms with Crippen LogP contribution in [0.2, 0.25) is 0 Å². The summed E-state index contributed by atoms with van der Waals surface area (Å²) in [5.41, 5.74) is 11.2. The standard InChI is InChI=1S/C27H37N3O/c1-5-6-7-8-9-16-31-21-13-10-19(11-14-21)25-22-17-20(27(2,3)4)12-15-24(22)30-26(29)23(25)18-28/h10-11,13-14,20H,5-9,12,15-17H2,1-4H3,(H2,29,30). The molecule has 1 aliphatic rings. The van der Waals surface area contributed by atoms with Crippen molar-refractivity contribution >= 4 is 5.82 Å². The molecule has 166 valence electrons. The number of benzene rings is 1. The van der Waals surface area contributed by atoms with Crippen LogP contribution in [0.3, 0.4) is 0 Å². The number of rotatable bonds is 8. The largest absolute Gasteiger partial charge is 0.494 e. The predicted molar refractivity (Wildman–Crippen MR) is 128 cm³/mol. The smallest absolute Gasteiger partial charge is 0.142 e. The topological polar surface area (TPSA) is 71.9 Å². The van der Waals surface area contributed by atoms with Gasteiger partial charge in [0.25, 0.3) is 0 Å². The first-order valence-corrected chi connectivity index (χ1v) is 11.8. The van der Waals surface area contributed by atoms with Crippen LogP contribution in [0, 0.1) is 22.7 Å². The van der Waals surface area contributed by atoms with Crippen molar-refractivity contribution in [1.82, 2.24) is 4.98 Å². The van der Waals surface area contributed by atoms with Gasteiger partial charge < -0.3 is 10.5 Å². The van der Waals surface area contributed by atoms with Gasteiger partial charge in [-0.25, -0.2) is 4.98 Å². The van der Waals surface area contributed by atoms with Crippen LogP contribution in [0.5, 0.6) is 5.75 Å². The van der Waals surface area contributed by atoms with Gasteiger partial charge in [0.15, 0.2) is 0 Å². The summed E-state index contributed by atoms with van der Waals surface area (Å²) >= 11 is 0. The highest BCUT2D eigenvalue weighted by Gasteiger charge is 2.32. The van der Waals surface area contributed by atoms with Gasteiger partial charge in [0, 0.05) is 11.3 Å². The minimum Gasteiger partial charge on any atom is -0.494 e. The molecule has 4 nitrogen and oxygen atoms in total. The Bertz CT molecular complexity index is 919. The van der Waals surface area contributed by atoms with Crippen molar-refractivity contribution in [2.45, 2.75) is 79.1 Å². The third-order valence-corrected chi connectivity index (χ3v) is 6.59. The zero-order valence-corrected chi connectivity index (χ0v) is 19.6. The summed E-state index contributed by atoms with van der Waals surface area (Å²) < 4.78 is 5.93. The van der Waals surface area contributed by atoms with E-state index in [1.165, 1.54) is 31.2 Å². The second kappa shape index (κ2) is 10.2. The van der Waals surface area contributed by atoms with E-state index in [0.29, 0.717) is 17.3 Å². The second-order valence-electron chi connectivity index (χ2n) is 9.88. The van der Waals surface area contributed by atoms with Crippen LogP contribution < -0.4 is 10.5 Å². The molecule has 0 amide bonds. The third kappa shape index (κ3) is 5.58. The summed E-state index contributed by atoms with van der Waals surface area (Å²) in [5, 5.41) is 9.85. The fourth-order valence-electron chi connectivity index (χ4n) is 4.56. The molecule has 4 heteroatoms. The molecule has 0 aliphatic heterocycles. The minimum atomic E-state index is 0.220. The Balaban J connectivity index is 1.83. The van der Waals surface area contributed by atoms with Crippen LogP contribution in [-0.4, -0.2) is 11.6 Å². The average molecular weight is 420 g/mol. The average Bonchev–Trinajstić information content (AvgIpc) is 2.74. The quantitative estimate of drug-likeness (QED) is 0.483. The highest BCUT2D eigenvalue weighted by atomic mass is 16.5. The number of anilines is 1. The van der Waals surface area contributed by atoms with Gasteiger partial charge >= 0.3 is 0 Å². The number of ether oxygens (including phenoxy) is 1. The first kappa shape index (κ1) is 23.1. The Hall–Kier alpha value is -2.54. The molecule has 0 saturated heterocycles. The summed E-state index contributed by atoms with van der Waals surface area (Å²) in [6.07, 6.45) is 9.10. The van der Waals surface area contributed by atoms with Gasteiger partial charge in [-0.3, -0.25) is 0 Å². The summed E-state index contributed by atoms with van der Waals surface area (Å²) in [4.78, 5) is 4.61. The Morgan fingerprint density at radius 2 is 1.84 bits per heavy atom. The highest BCUT2D eigenvalue weighted by molar-refractivity contribution is 5.79. The highest BCUT2D eigenvalue weighted by Crippen LogP contribution is 2.42. The van der Waals surface area contributed by atoms with Crippen LogP contribution in [0.25, 0.3) is 11.1 Å². The zero-order valence-electron chi connectivity index (χ0n) is 19.6. The fourth-order valence-corrected chi connectivity index (χ4v) is 4.56. The number of fused-ring (bicyclic) bond motifs is 1. The molecule has 1 aromatic heterocycles. The lowest BCUT2D eigenvalue weighted by Gasteiger charge is -2.35. The molecule has 1 aromatic carbocycles.